The van der Waals surface area contributed by atoms with Gasteiger partial charge in [0.05, 0.1) is 12.5 Å². The molecule has 1 saturated carbocycles. The number of benzene rings is 1. The van der Waals surface area contributed by atoms with Gasteiger partial charge in [-0.05, 0) is 50.0 Å². The molecule has 1 aliphatic carbocycles. The summed E-state index contributed by atoms with van der Waals surface area (Å²) in [4.78, 5) is 24.9. The molecule has 0 bridgehead atoms. The first-order chi connectivity index (χ1) is 15.2. The van der Waals surface area contributed by atoms with E-state index >= 15 is 0 Å². The zero-order chi connectivity index (χ0) is 23.6. The highest BCUT2D eigenvalue weighted by Gasteiger charge is 2.39. The molecule has 0 unspecified atom stereocenters. The third-order valence-electron chi connectivity index (χ3n) is 6.71. The number of aliphatic hydroxyl groups is 1. The van der Waals surface area contributed by atoms with Crippen molar-refractivity contribution in [3.05, 3.63) is 35.9 Å². The van der Waals surface area contributed by atoms with Crippen molar-refractivity contribution in [3.63, 3.8) is 0 Å². The van der Waals surface area contributed by atoms with Gasteiger partial charge in [0.2, 0.25) is 5.91 Å². The van der Waals surface area contributed by atoms with Gasteiger partial charge in [0.1, 0.15) is 6.61 Å². The maximum Gasteiger partial charge on any atom is 0.307 e. The van der Waals surface area contributed by atoms with Gasteiger partial charge < -0.3 is 20.9 Å². The minimum Gasteiger partial charge on any atom is -0.461 e. The van der Waals surface area contributed by atoms with Crippen LogP contribution in [-0.2, 0) is 20.9 Å². The Balaban J connectivity index is 0.00000544. The lowest BCUT2D eigenvalue weighted by molar-refractivity contribution is -0.144. The Hall–Kier alpha value is -1.63. The van der Waals surface area contributed by atoms with E-state index in [0.717, 1.165) is 31.2 Å². The number of ether oxygens (including phenoxy) is 1. The first-order valence-corrected chi connectivity index (χ1v) is 12.1. The number of hydrogen-bond acceptors (Lipinski definition) is 5. The highest BCUT2D eigenvalue weighted by molar-refractivity contribution is 5.85. The Morgan fingerprint density at radius 3 is 2.39 bits per heavy atom. The van der Waals surface area contributed by atoms with E-state index in [-0.39, 0.29) is 55.7 Å². The molecule has 33 heavy (non-hydrogen) atoms. The van der Waals surface area contributed by atoms with Crippen LogP contribution in [0, 0.1) is 17.8 Å². The van der Waals surface area contributed by atoms with Crippen LogP contribution in [-0.4, -0.2) is 35.2 Å². The van der Waals surface area contributed by atoms with Crippen LogP contribution in [0.4, 0.5) is 0 Å². The Labute approximate surface area is 205 Å². The number of rotatable bonds is 12. The maximum absolute atomic E-state index is 12.9. The predicted molar refractivity (Wildman–Crippen MR) is 134 cm³/mol. The molecule has 1 aliphatic rings. The number of esters is 1. The summed E-state index contributed by atoms with van der Waals surface area (Å²) in [5, 5.41) is 13.8. The second-order valence-electron chi connectivity index (χ2n) is 9.97. The van der Waals surface area contributed by atoms with Crippen LogP contribution >= 0.6 is 12.4 Å². The monoisotopic (exact) mass is 482 g/mol. The third-order valence-corrected chi connectivity index (χ3v) is 6.71. The molecule has 3 atom stereocenters. The van der Waals surface area contributed by atoms with Crippen LogP contribution in [0.2, 0.25) is 0 Å². The smallest absolute Gasteiger partial charge is 0.307 e. The SMILES string of the molecule is CC(C)C[C@H](C[C@H](O)[C@@](C)(N)C1CCCCC1)C(=O)NCCC(=O)OCc1ccccc1.Cl. The second-order valence-corrected chi connectivity index (χ2v) is 9.97. The molecule has 1 aromatic rings. The predicted octanol–water partition coefficient (Wildman–Crippen LogP) is 4.37. The van der Waals surface area contributed by atoms with Gasteiger partial charge in [0.15, 0.2) is 0 Å². The first-order valence-electron chi connectivity index (χ1n) is 12.1. The number of nitrogens with two attached hydrogens (primary N) is 1. The number of aliphatic hydroxyl groups excluding tert-OH is 1. The van der Waals surface area contributed by atoms with Crippen LogP contribution in [0.15, 0.2) is 30.3 Å². The number of halogens is 1. The highest BCUT2D eigenvalue weighted by atomic mass is 35.5. The molecule has 7 heteroatoms. The maximum atomic E-state index is 12.9. The standard InChI is InChI=1S/C26H42N2O4.ClH/c1-19(2)16-21(17-23(29)26(3,27)22-12-8-5-9-13-22)25(31)28-15-14-24(30)32-18-20-10-6-4-7-11-20;/h4,6-7,10-11,19,21-23,29H,5,8-9,12-18,27H2,1-3H3,(H,28,31);1H/t21-,23+,26+;/m1./s1. The summed E-state index contributed by atoms with van der Waals surface area (Å²) >= 11 is 0. The fraction of sp³-hybridized carbons (Fsp3) is 0.692. The van der Waals surface area contributed by atoms with Crippen molar-refractivity contribution in [1.82, 2.24) is 5.32 Å². The third kappa shape index (κ3) is 10.0. The van der Waals surface area contributed by atoms with Crippen molar-refractivity contribution in [2.24, 2.45) is 23.5 Å². The molecule has 4 N–H and O–H groups in total. The summed E-state index contributed by atoms with van der Waals surface area (Å²) in [6.45, 7) is 6.51. The molecular formula is C26H43ClN2O4. The zero-order valence-corrected chi connectivity index (χ0v) is 21.2. The Morgan fingerprint density at radius 1 is 1.15 bits per heavy atom. The van der Waals surface area contributed by atoms with Crippen LogP contribution in [0.1, 0.15) is 77.7 Å². The molecule has 0 saturated heterocycles. The lowest BCUT2D eigenvalue weighted by Gasteiger charge is -2.41. The summed E-state index contributed by atoms with van der Waals surface area (Å²) < 4.78 is 5.26. The van der Waals surface area contributed by atoms with E-state index in [9.17, 15) is 14.7 Å². The molecule has 188 valence electrons. The van der Waals surface area contributed by atoms with E-state index < -0.39 is 11.6 Å². The number of amides is 1. The van der Waals surface area contributed by atoms with Gasteiger partial charge >= 0.3 is 5.97 Å². The summed E-state index contributed by atoms with van der Waals surface area (Å²) in [6, 6.07) is 9.50. The second kappa shape index (κ2) is 14.6. The number of carbonyl (C=O) groups is 2. The van der Waals surface area contributed by atoms with Crippen molar-refractivity contribution in [2.75, 3.05) is 6.54 Å². The van der Waals surface area contributed by atoms with Crippen molar-refractivity contribution >= 4 is 24.3 Å². The average Bonchev–Trinajstić information content (AvgIpc) is 2.78. The largest absolute Gasteiger partial charge is 0.461 e. The topological polar surface area (TPSA) is 102 Å². The molecule has 0 spiro atoms. The van der Waals surface area contributed by atoms with Crippen LogP contribution in [0.5, 0.6) is 0 Å². The summed E-state index contributed by atoms with van der Waals surface area (Å²) in [6.07, 6.45) is 6.00. The van der Waals surface area contributed by atoms with Gasteiger partial charge in [-0.1, -0.05) is 63.4 Å². The first kappa shape index (κ1) is 29.4. The van der Waals surface area contributed by atoms with Crippen molar-refractivity contribution in [1.29, 1.82) is 0 Å². The van der Waals surface area contributed by atoms with Crippen LogP contribution < -0.4 is 11.1 Å². The zero-order valence-electron chi connectivity index (χ0n) is 20.4. The molecule has 0 heterocycles. The molecule has 0 aromatic heterocycles. The normalized spacial score (nSPS) is 18.0. The van der Waals surface area contributed by atoms with E-state index in [2.05, 4.69) is 19.2 Å². The molecular weight excluding hydrogens is 440 g/mol. The lowest BCUT2D eigenvalue weighted by atomic mass is 9.71. The summed E-state index contributed by atoms with van der Waals surface area (Å²) in [7, 11) is 0. The van der Waals surface area contributed by atoms with Crippen LogP contribution in [0.3, 0.4) is 0 Å². The van der Waals surface area contributed by atoms with Crippen LogP contribution in [0.25, 0.3) is 0 Å². The van der Waals surface area contributed by atoms with Gasteiger partial charge in [0, 0.05) is 18.0 Å². The minimum atomic E-state index is -0.740. The van der Waals surface area contributed by atoms with Gasteiger partial charge in [-0.2, -0.15) is 0 Å². The number of nitrogens with one attached hydrogen (secondary N) is 1. The molecule has 2 rings (SSSR count). The van der Waals surface area contributed by atoms with Gasteiger partial charge in [0.25, 0.3) is 0 Å². The lowest BCUT2D eigenvalue weighted by Crippen LogP contribution is -2.55. The molecule has 0 aliphatic heterocycles. The van der Waals surface area contributed by atoms with E-state index in [1.54, 1.807) is 0 Å². The number of hydrogen-bond donors (Lipinski definition) is 3. The fourth-order valence-corrected chi connectivity index (χ4v) is 4.64. The van der Waals surface area contributed by atoms with Gasteiger partial charge in [-0.15, -0.1) is 12.4 Å². The molecule has 1 aromatic carbocycles. The minimum absolute atomic E-state index is 0. The quantitative estimate of drug-likeness (QED) is 0.384. The number of carbonyl (C=O) groups excluding carboxylic acids is 2. The van der Waals surface area contributed by atoms with E-state index in [0.29, 0.717) is 18.8 Å². The molecule has 1 fully saturated rings. The fourth-order valence-electron chi connectivity index (χ4n) is 4.64. The van der Waals surface area contributed by atoms with Crippen molar-refractivity contribution in [3.8, 4) is 0 Å². The van der Waals surface area contributed by atoms with Gasteiger partial charge in [-0.25, -0.2) is 0 Å². The van der Waals surface area contributed by atoms with E-state index in [4.69, 9.17) is 10.5 Å². The molecule has 6 nitrogen and oxygen atoms in total. The van der Waals surface area contributed by atoms with E-state index in [1.807, 2.05) is 37.3 Å². The average molecular weight is 483 g/mol. The Bertz CT molecular complexity index is 706. The Kier molecular flexibility index (Phi) is 13.0. The van der Waals surface area contributed by atoms with Crippen molar-refractivity contribution < 1.29 is 19.4 Å². The van der Waals surface area contributed by atoms with Crippen molar-refractivity contribution in [2.45, 2.75) is 90.4 Å². The summed E-state index contributed by atoms with van der Waals surface area (Å²) in [5.74, 6) is -0.216. The van der Waals surface area contributed by atoms with E-state index in [1.165, 1.54) is 6.42 Å². The summed E-state index contributed by atoms with van der Waals surface area (Å²) in [5.41, 5.74) is 6.82. The molecule has 1 amide bonds. The highest BCUT2D eigenvalue weighted by Crippen LogP contribution is 2.35. The Morgan fingerprint density at radius 2 is 1.79 bits per heavy atom. The molecule has 0 radical (unpaired) electrons. The van der Waals surface area contributed by atoms with Gasteiger partial charge in [-0.3, -0.25) is 9.59 Å².